The fourth-order valence-electron chi connectivity index (χ4n) is 6.73. The van der Waals surface area contributed by atoms with Gasteiger partial charge in [0.15, 0.2) is 5.82 Å². The summed E-state index contributed by atoms with van der Waals surface area (Å²) in [5, 5.41) is 9.50. The number of thiophene rings is 1. The highest BCUT2D eigenvalue weighted by Gasteiger charge is 2.44. The highest BCUT2D eigenvalue weighted by atomic mass is 32.1. The van der Waals surface area contributed by atoms with Crippen molar-refractivity contribution >= 4 is 44.8 Å². The largest absolute Gasteiger partial charge is 0.368 e. The summed E-state index contributed by atoms with van der Waals surface area (Å²) >= 11 is 1.51. The predicted octanol–water partition coefficient (Wildman–Crippen LogP) is 4.44. The number of hydrogen-bond acceptors (Lipinski definition) is 9. The molecule has 3 fully saturated rings. The first-order valence-electron chi connectivity index (χ1n) is 13.0. The van der Waals surface area contributed by atoms with E-state index in [1.807, 2.05) is 23.6 Å². The number of rotatable bonds is 5. The lowest BCUT2D eigenvalue weighted by Gasteiger charge is -2.46. The zero-order valence-electron chi connectivity index (χ0n) is 20.7. The van der Waals surface area contributed by atoms with Crippen LogP contribution in [0.2, 0.25) is 0 Å². The number of nitrogens with zero attached hydrogens (tertiary/aromatic N) is 7. The number of hydrogen-bond donors (Lipinski definition) is 2. The van der Waals surface area contributed by atoms with Crippen LogP contribution < -0.4 is 16.0 Å². The SMILES string of the molecule is C[C@H]1CN(c2ccc(Nc3nc(N)n(-c4ncnc5ccsc45)n3)cc2F)CCN1[C@H]1C[C@@H]2CC[C@H]1C2. The Bertz CT molecular complexity index is 1450. The van der Waals surface area contributed by atoms with Crippen molar-refractivity contribution in [1.29, 1.82) is 0 Å². The Labute approximate surface area is 218 Å². The third-order valence-electron chi connectivity index (χ3n) is 8.41. The number of nitrogen functional groups attached to an aromatic ring is 1. The van der Waals surface area contributed by atoms with Crippen LogP contribution in [0, 0.1) is 17.7 Å². The Morgan fingerprint density at radius 1 is 1.14 bits per heavy atom. The maximum absolute atomic E-state index is 15.3. The van der Waals surface area contributed by atoms with E-state index in [9.17, 15) is 0 Å². The van der Waals surface area contributed by atoms with E-state index in [2.05, 4.69) is 42.1 Å². The molecule has 0 amide bonds. The first-order chi connectivity index (χ1) is 18.0. The molecule has 2 saturated carbocycles. The molecule has 9 nitrogen and oxygen atoms in total. The number of fused-ring (bicyclic) bond motifs is 3. The Morgan fingerprint density at radius 2 is 2.05 bits per heavy atom. The molecule has 0 radical (unpaired) electrons. The minimum absolute atomic E-state index is 0.190. The van der Waals surface area contributed by atoms with Crippen LogP contribution in [0.15, 0.2) is 36.0 Å². The summed E-state index contributed by atoms with van der Waals surface area (Å²) in [6, 6.07) is 8.28. The molecule has 1 aromatic carbocycles. The fourth-order valence-corrected chi connectivity index (χ4v) is 7.55. The molecule has 4 aromatic rings. The third kappa shape index (κ3) is 4.00. The summed E-state index contributed by atoms with van der Waals surface area (Å²) < 4.78 is 17.6. The van der Waals surface area contributed by atoms with E-state index in [1.165, 1.54) is 54.1 Å². The zero-order chi connectivity index (χ0) is 25.1. The molecular weight excluding hydrogens is 489 g/mol. The van der Waals surface area contributed by atoms with E-state index in [1.54, 1.807) is 0 Å². The second-order valence-corrected chi connectivity index (χ2v) is 11.5. The van der Waals surface area contributed by atoms with Gasteiger partial charge in [-0.15, -0.1) is 16.4 Å². The molecule has 1 saturated heterocycles. The van der Waals surface area contributed by atoms with Gasteiger partial charge in [-0.3, -0.25) is 4.90 Å². The number of nitrogens with one attached hydrogen (secondary N) is 1. The third-order valence-corrected chi connectivity index (χ3v) is 9.31. The van der Waals surface area contributed by atoms with Gasteiger partial charge in [0, 0.05) is 37.4 Å². The van der Waals surface area contributed by atoms with Crippen molar-refractivity contribution in [2.24, 2.45) is 11.8 Å². The molecule has 2 bridgehead atoms. The van der Waals surface area contributed by atoms with Gasteiger partial charge in [-0.1, -0.05) is 6.42 Å². The van der Waals surface area contributed by atoms with Gasteiger partial charge in [0.2, 0.25) is 11.9 Å². The maximum Gasteiger partial charge on any atom is 0.248 e. The topological polar surface area (TPSA) is 101 Å². The first kappa shape index (κ1) is 22.9. The number of benzene rings is 1. The van der Waals surface area contributed by atoms with Gasteiger partial charge in [-0.2, -0.15) is 9.67 Å². The molecule has 2 aliphatic carbocycles. The van der Waals surface area contributed by atoms with Gasteiger partial charge in [0.1, 0.15) is 12.1 Å². The van der Waals surface area contributed by atoms with E-state index in [4.69, 9.17) is 5.73 Å². The average molecular weight is 520 g/mol. The van der Waals surface area contributed by atoms with E-state index in [0.717, 1.165) is 47.7 Å². The molecule has 1 aliphatic heterocycles. The lowest BCUT2D eigenvalue weighted by Crippen LogP contribution is -2.56. The lowest BCUT2D eigenvalue weighted by atomic mass is 9.92. The van der Waals surface area contributed by atoms with Gasteiger partial charge < -0.3 is 16.0 Å². The van der Waals surface area contributed by atoms with Crippen molar-refractivity contribution in [1.82, 2.24) is 29.6 Å². The van der Waals surface area contributed by atoms with Crippen LogP contribution >= 0.6 is 11.3 Å². The highest BCUT2D eigenvalue weighted by Crippen LogP contribution is 2.47. The molecule has 0 unspecified atom stereocenters. The number of nitrogens with two attached hydrogens (primary N) is 1. The monoisotopic (exact) mass is 519 g/mol. The molecule has 7 rings (SSSR count). The molecule has 37 heavy (non-hydrogen) atoms. The van der Waals surface area contributed by atoms with Crippen molar-refractivity contribution in [3.05, 3.63) is 41.8 Å². The lowest BCUT2D eigenvalue weighted by molar-refractivity contribution is 0.0900. The molecule has 3 aromatic heterocycles. The summed E-state index contributed by atoms with van der Waals surface area (Å²) in [4.78, 5) is 17.8. The smallest absolute Gasteiger partial charge is 0.248 e. The summed E-state index contributed by atoms with van der Waals surface area (Å²) in [5.41, 5.74) is 8.17. The van der Waals surface area contributed by atoms with E-state index >= 15 is 4.39 Å². The Kier molecular flexibility index (Phi) is 5.51. The molecular formula is C26H30FN9S. The minimum Gasteiger partial charge on any atom is -0.368 e. The summed E-state index contributed by atoms with van der Waals surface area (Å²) in [6.45, 7) is 4.98. The Morgan fingerprint density at radius 3 is 2.84 bits per heavy atom. The molecule has 0 spiro atoms. The van der Waals surface area contributed by atoms with E-state index in [-0.39, 0.29) is 17.7 Å². The van der Waals surface area contributed by atoms with Gasteiger partial charge in [-0.05, 0) is 67.7 Å². The second kappa shape index (κ2) is 8.91. The number of aromatic nitrogens is 5. The Hall–Kier alpha value is -3.31. The van der Waals surface area contributed by atoms with Gasteiger partial charge in [0.05, 0.1) is 15.9 Å². The molecule has 4 atom stereocenters. The van der Waals surface area contributed by atoms with Crippen LogP contribution in [-0.2, 0) is 0 Å². The summed E-state index contributed by atoms with van der Waals surface area (Å²) in [6.07, 6.45) is 7.06. The highest BCUT2D eigenvalue weighted by molar-refractivity contribution is 7.17. The van der Waals surface area contributed by atoms with Crippen molar-refractivity contribution in [3.63, 3.8) is 0 Å². The van der Waals surface area contributed by atoms with Gasteiger partial charge >= 0.3 is 0 Å². The Balaban J connectivity index is 1.05. The fraction of sp³-hybridized carbons (Fsp3) is 0.462. The van der Waals surface area contributed by atoms with Crippen LogP contribution in [0.4, 0.5) is 27.7 Å². The number of halogens is 1. The van der Waals surface area contributed by atoms with Crippen molar-refractivity contribution in [2.75, 3.05) is 35.6 Å². The van der Waals surface area contributed by atoms with E-state index < -0.39 is 0 Å². The van der Waals surface area contributed by atoms with Crippen LogP contribution in [0.1, 0.15) is 32.6 Å². The quantitative estimate of drug-likeness (QED) is 0.399. The van der Waals surface area contributed by atoms with Crippen molar-refractivity contribution in [3.8, 4) is 5.82 Å². The van der Waals surface area contributed by atoms with Crippen LogP contribution in [-0.4, -0.2) is 61.4 Å². The molecule has 192 valence electrons. The minimum atomic E-state index is -0.255. The summed E-state index contributed by atoms with van der Waals surface area (Å²) in [5.74, 6) is 2.59. The van der Waals surface area contributed by atoms with Crippen LogP contribution in [0.5, 0.6) is 0 Å². The predicted molar refractivity (Wildman–Crippen MR) is 144 cm³/mol. The molecule has 4 heterocycles. The standard InChI is InChI=1S/C26H30FN9S/c1-15-13-34(7-8-35(15)22-11-16-2-3-17(22)10-16)21-5-4-18(12-19(21)27)31-26-32-25(28)36(33-26)24-23-20(6-9-37-23)29-14-30-24/h4-6,9,12,14-17,22H,2-3,7-8,10-11,13H2,1H3,(H3,28,31,32,33)/t15-,16+,17-,22-/m0/s1. The average Bonchev–Trinajstić information content (AvgIpc) is 3.68. The molecule has 3 N–H and O–H groups in total. The van der Waals surface area contributed by atoms with Gasteiger partial charge in [0.25, 0.3) is 0 Å². The van der Waals surface area contributed by atoms with Crippen LogP contribution in [0.25, 0.3) is 16.0 Å². The maximum atomic E-state index is 15.3. The van der Waals surface area contributed by atoms with E-state index in [0.29, 0.717) is 23.2 Å². The first-order valence-corrected chi connectivity index (χ1v) is 13.9. The van der Waals surface area contributed by atoms with Crippen LogP contribution in [0.3, 0.4) is 0 Å². The molecule has 11 heteroatoms. The summed E-state index contributed by atoms with van der Waals surface area (Å²) in [7, 11) is 0. The van der Waals surface area contributed by atoms with Gasteiger partial charge in [-0.25, -0.2) is 14.4 Å². The van der Waals surface area contributed by atoms with Crippen molar-refractivity contribution in [2.45, 2.75) is 44.7 Å². The zero-order valence-corrected chi connectivity index (χ0v) is 21.5. The number of piperazine rings is 1. The normalized spacial score (nSPS) is 25.8. The number of anilines is 4. The molecule has 3 aliphatic rings. The van der Waals surface area contributed by atoms with Crippen molar-refractivity contribution < 1.29 is 4.39 Å². The second-order valence-electron chi connectivity index (χ2n) is 10.6.